The molecule has 1 aliphatic heterocycles. The van der Waals surface area contributed by atoms with Gasteiger partial charge in [0.15, 0.2) is 5.13 Å². The normalized spacial score (nSPS) is 17.3. The van der Waals surface area contributed by atoms with Crippen LogP contribution in [0.4, 0.5) is 10.8 Å². The second kappa shape index (κ2) is 5.95. The van der Waals surface area contributed by atoms with Crippen molar-refractivity contribution >= 4 is 34.0 Å². The van der Waals surface area contributed by atoms with E-state index < -0.39 is 5.92 Å². The number of amides is 2. The number of nitriles is 1. The van der Waals surface area contributed by atoms with Crippen LogP contribution in [0, 0.1) is 17.2 Å². The molecule has 2 aromatic rings. The largest absolute Gasteiger partial charge is 0.312 e. The van der Waals surface area contributed by atoms with Crippen molar-refractivity contribution in [2.45, 2.75) is 6.42 Å². The third-order valence-electron chi connectivity index (χ3n) is 3.41. The molecule has 1 atom stereocenters. The van der Waals surface area contributed by atoms with Crippen molar-refractivity contribution in [3.8, 4) is 6.07 Å². The second-order valence-electron chi connectivity index (χ2n) is 4.87. The number of benzene rings is 1. The Hall–Kier alpha value is -2.72. The molecule has 1 aromatic carbocycles. The van der Waals surface area contributed by atoms with Crippen LogP contribution < -0.4 is 10.2 Å². The number of anilines is 2. The first-order chi connectivity index (χ1) is 10.7. The van der Waals surface area contributed by atoms with Crippen molar-refractivity contribution < 1.29 is 9.59 Å². The van der Waals surface area contributed by atoms with E-state index in [0.717, 1.165) is 17.0 Å². The standard InChI is InChI=1S/C15H12N4O2S/c16-7-12-8-17-15(22-12)18-14(21)10-6-13(20)19(9-10)11-4-2-1-3-5-11/h1-5,8,10H,6,9H2,(H,17,18,21). The molecular weight excluding hydrogens is 300 g/mol. The van der Waals surface area contributed by atoms with Gasteiger partial charge in [-0.25, -0.2) is 4.98 Å². The molecule has 22 heavy (non-hydrogen) atoms. The van der Waals surface area contributed by atoms with Crippen molar-refractivity contribution in [1.29, 1.82) is 5.26 Å². The van der Waals surface area contributed by atoms with Crippen LogP contribution in [0.3, 0.4) is 0 Å². The Kier molecular flexibility index (Phi) is 3.85. The van der Waals surface area contributed by atoms with Crippen LogP contribution in [0.5, 0.6) is 0 Å². The molecule has 0 saturated carbocycles. The van der Waals surface area contributed by atoms with Crippen LogP contribution in [0.2, 0.25) is 0 Å². The molecule has 3 rings (SSSR count). The van der Waals surface area contributed by atoms with E-state index in [4.69, 9.17) is 5.26 Å². The number of aromatic nitrogens is 1. The fourth-order valence-electron chi connectivity index (χ4n) is 2.33. The van der Waals surface area contributed by atoms with E-state index >= 15 is 0 Å². The first-order valence-electron chi connectivity index (χ1n) is 6.69. The molecule has 1 unspecified atom stereocenters. The van der Waals surface area contributed by atoms with E-state index in [1.165, 1.54) is 6.20 Å². The molecule has 7 heteroatoms. The topological polar surface area (TPSA) is 86.1 Å². The molecule has 0 bridgehead atoms. The lowest BCUT2D eigenvalue weighted by Crippen LogP contribution is -2.28. The first kappa shape index (κ1) is 14.2. The number of carbonyl (C=O) groups is 2. The van der Waals surface area contributed by atoms with Crippen molar-refractivity contribution in [3.63, 3.8) is 0 Å². The van der Waals surface area contributed by atoms with Gasteiger partial charge in [-0.05, 0) is 12.1 Å². The van der Waals surface area contributed by atoms with Gasteiger partial charge in [0.25, 0.3) is 0 Å². The van der Waals surface area contributed by atoms with Crippen molar-refractivity contribution in [1.82, 2.24) is 4.98 Å². The molecule has 1 fully saturated rings. The molecule has 1 aromatic heterocycles. The lowest BCUT2D eigenvalue weighted by atomic mass is 10.1. The lowest BCUT2D eigenvalue weighted by molar-refractivity contribution is -0.122. The zero-order valence-corrected chi connectivity index (χ0v) is 12.3. The molecule has 1 aliphatic rings. The maximum atomic E-state index is 12.2. The Morgan fingerprint density at radius 1 is 1.41 bits per heavy atom. The number of carbonyl (C=O) groups excluding carboxylic acids is 2. The lowest BCUT2D eigenvalue weighted by Gasteiger charge is -2.16. The number of hydrogen-bond donors (Lipinski definition) is 1. The van der Waals surface area contributed by atoms with E-state index in [9.17, 15) is 9.59 Å². The number of rotatable bonds is 3. The van der Waals surface area contributed by atoms with Crippen LogP contribution >= 0.6 is 11.3 Å². The fourth-order valence-corrected chi connectivity index (χ4v) is 2.95. The Bertz CT molecular complexity index is 750. The maximum absolute atomic E-state index is 12.2. The summed E-state index contributed by atoms with van der Waals surface area (Å²) in [5, 5.41) is 11.8. The van der Waals surface area contributed by atoms with E-state index in [0.29, 0.717) is 16.6 Å². The number of thiazole rings is 1. The fraction of sp³-hybridized carbons (Fsp3) is 0.200. The average Bonchev–Trinajstić information content (AvgIpc) is 3.14. The molecule has 2 heterocycles. The Morgan fingerprint density at radius 3 is 2.86 bits per heavy atom. The predicted molar refractivity (Wildman–Crippen MR) is 82.4 cm³/mol. The monoisotopic (exact) mass is 312 g/mol. The summed E-state index contributed by atoms with van der Waals surface area (Å²) in [6, 6.07) is 11.2. The molecule has 0 spiro atoms. The summed E-state index contributed by atoms with van der Waals surface area (Å²) in [7, 11) is 0. The highest BCUT2D eigenvalue weighted by Gasteiger charge is 2.35. The highest BCUT2D eigenvalue weighted by Crippen LogP contribution is 2.26. The van der Waals surface area contributed by atoms with Crippen LogP contribution in [0.25, 0.3) is 0 Å². The maximum Gasteiger partial charge on any atom is 0.231 e. The highest BCUT2D eigenvalue weighted by atomic mass is 32.1. The third kappa shape index (κ3) is 2.82. The van der Waals surface area contributed by atoms with E-state index in [1.54, 1.807) is 4.90 Å². The summed E-state index contributed by atoms with van der Waals surface area (Å²) in [4.78, 5) is 30.3. The molecule has 1 N–H and O–H groups in total. The minimum atomic E-state index is -0.415. The van der Waals surface area contributed by atoms with Gasteiger partial charge in [0.1, 0.15) is 10.9 Å². The van der Waals surface area contributed by atoms with E-state index in [1.807, 2.05) is 36.4 Å². The molecule has 2 amide bonds. The number of hydrogen-bond acceptors (Lipinski definition) is 5. The summed E-state index contributed by atoms with van der Waals surface area (Å²) >= 11 is 1.12. The SMILES string of the molecule is N#Cc1cnc(NC(=O)C2CC(=O)N(c3ccccc3)C2)s1. The third-order valence-corrected chi connectivity index (χ3v) is 4.23. The molecule has 0 radical (unpaired) electrons. The Balaban J connectivity index is 1.67. The van der Waals surface area contributed by atoms with Gasteiger partial charge in [0.2, 0.25) is 11.8 Å². The minimum absolute atomic E-state index is 0.0665. The Morgan fingerprint density at radius 2 is 2.18 bits per heavy atom. The van der Waals surface area contributed by atoms with Crippen LogP contribution in [-0.4, -0.2) is 23.3 Å². The van der Waals surface area contributed by atoms with Crippen molar-refractivity contribution in [3.05, 3.63) is 41.4 Å². The number of para-hydroxylation sites is 1. The second-order valence-corrected chi connectivity index (χ2v) is 5.90. The Labute approximate surface area is 131 Å². The number of nitrogens with zero attached hydrogens (tertiary/aromatic N) is 3. The average molecular weight is 312 g/mol. The van der Waals surface area contributed by atoms with Gasteiger partial charge >= 0.3 is 0 Å². The summed E-state index contributed by atoms with van der Waals surface area (Å²) in [5.41, 5.74) is 0.795. The molecule has 1 saturated heterocycles. The molecule has 0 aliphatic carbocycles. The summed E-state index contributed by atoms with van der Waals surface area (Å²) in [6.45, 7) is 0.352. The van der Waals surface area contributed by atoms with Gasteiger partial charge < -0.3 is 10.2 Å². The molecular formula is C15H12N4O2S. The highest BCUT2D eigenvalue weighted by molar-refractivity contribution is 7.16. The van der Waals surface area contributed by atoms with E-state index in [2.05, 4.69) is 10.3 Å². The van der Waals surface area contributed by atoms with E-state index in [-0.39, 0.29) is 18.2 Å². The predicted octanol–water partition coefficient (Wildman–Crippen LogP) is 2.01. The summed E-state index contributed by atoms with van der Waals surface area (Å²) in [6.07, 6.45) is 1.59. The first-order valence-corrected chi connectivity index (χ1v) is 7.51. The van der Waals surface area contributed by atoms with Gasteiger partial charge in [-0.2, -0.15) is 5.26 Å². The minimum Gasteiger partial charge on any atom is -0.312 e. The zero-order valence-electron chi connectivity index (χ0n) is 11.5. The van der Waals surface area contributed by atoms with Crippen molar-refractivity contribution in [2.75, 3.05) is 16.8 Å². The number of nitrogens with one attached hydrogen (secondary N) is 1. The smallest absolute Gasteiger partial charge is 0.231 e. The van der Waals surface area contributed by atoms with Crippen LogP contribution in [-0.2, 0) is 9.59 Å². The summed E-state index contributed by atoms with van der Waals surface area (Å²) in [5.74, 6) is -0.726. The van der Waals surface area contributed by atoms with Gasteiger partial charge in [-0.15, -0.1) is 0 Å². The van der Waals surface area contributed by atoms with Crippen molar-refractivity contribution in [2.24, 2.45) is 5.92 Å². The van der Waals surface area contributed by atoms with Crippen LogP contribution in [0.1, 0.15) is 11.3 Å². The van der Waals surface area contributed by atoms with Gasteiger partial charge in [0.05, 0.1) is 12.1 Å². The quantitative estimate of drug-likeness (QED) is 0.939. The molecule has 110 valence electrons. The van der Waals surface area contributed by atoms with Crippen LogP contribution in [0.15, 0.2) is 36.5 Å². The van der Waals surface area contributed by atoms with Gasteiger partial charge in [-0.1, -0.05) is 29.5 Å². The summed E-state index contributed by atoms with van der Waals surface area (Å²) < 4.78 is 0. The molecule has 6 nitrogen and oxygen atoms in total. The zero-order chi connectivity index (χ0) is 15.5. The van der Waals surface area contributed by atoms with Gasteiger partial charge in [0, 0.05) is 18.7 Å². The van der Waals surface area contributed by atoms with Gasteiger partial charge in [-0.3, -0.25) is 9.59 Å².